The molecule has 25 heavy (non-hydrogen) atoms. The Morgan fingerprint density at radius 1 is 0.640 bits per heavy atom. The average Bonchev–Trinajstić information content (AvgIpc) is 3.08. The zero-order valence-corrected chi connectivity index (χ0v) is 13.7. The van der Waals surface area contributed by atoms with E-state index in [1.54, 1.807) is 0 Å². The van der Waals surface area contributed by atoms with Crippen LogP contribution in [0.25, 0.3) is 33.4 Å². The average molecular weight is 321 g/mol. The Hall–Kier alpha value is -3.39. The van der Waals surface area contributed by atoms with Crippen molar-refractivity contribution in [3.8, 4) is 16.9 Å². The molecule has 2 heterocycles. The fourth-order valence-electron chi connectivity index (χ4n) is 3.53. The topological polar surface area (TPSA) is 9.03 Å². The molecule has 2 nitrogen and oxygen atoms in total. The van der Waals surface area contributed by atoms with E-state index in [2.05, 4.69) is 112 Å². The summed E-state index contributed by atoms with van der Waals surface area (Å²) in [6.07, 6.45) is 4.30. The Bertz CT molecular complexity index is 1180. The fraction of sp³-hybridized carbons (Fsp3) is 0. The van der Waals surface area contributed by atoms with Gasteiger partial charge in [-0.3, -0.25) is 0 Å². The van der Waals surface area contributed by atoms with Crippen LogP contribution in [-0.4, -0.2) is 4.57 Å². The molecule has 2 aromatic heterocycles. The number of hydrogen-bond acceptors (Lipinski definition) is 0. The van der Waals surface area contributed by atoms with E-state index in [1.165, 1.54) is 27.7 Å². The van der Waals surface area contributed by atoms with E-state index in [0.29, 0.717) is 0 Å². The third-order valence-corrected chi connectivity index (χ3v) is 4.68. The Morgan fingerprint density at radius 3 is 2.32 bits per heavy atom. The molecular weight excluding hydrogens is 304 g/mol. The number of benzene rings is 3. The van der Waals surface area contributed by atoms with Gasteiger partial charge in [-0.1, -0.05) is 72.8 Å². The van der Waals surface area contributed by atoms with Gasteiger partial charge in [0.15, 0.2) is 5.69 Å². The van der Waals surface area contributed by atoms with Gasteiger partial charge in [0, 0.05) is 17.0 Å². The number of pyridine rings is 1. The molecule has 0 fully saturated rings. The van der Waals surface area contributed by atoms with Crippen molar-refractivity contribution in [1.29, 1.82) is 0 Å². The van der Waals surface area contributed by atoms with Crippen LogP contribution < -0.4 is 4.40 Å². The van der Waals surface area contributed by atoms with Crippen LogP contribution in [0.4, 0.5) is 0 Å². The van der Waals surface area contributed by atoms with Crippen LogP contribution in [0.5, 0.6) is 0 Å². The van der Waals surface area contributed by atoms with E-state index in [0.717, 1.165) is 5.65 Å². The first-order valence-electron chi connectivity index (χ1n) is 8.47. The molecule has 0 atom stereocenters. The van der Waals surface area contributed by atoms with Gasteiger partial charge in [-0.05, 0) is 17.5 Å². The molecule has 0 aliphatic rings. The fourth-order valence-corrected chi connectivity index (χ4v) is 3.53. The predicted octanol–water partition coefficient (Wildman–Crippen LogP) is 5.04. The van der Waals surface area contributed by atoms with E-state index in [9.17, 15) is 0 Å². The maximum absolute atomic E-state index is 2.34. The van der Waals surface area contributed by atoms with E-state index in [4.69, 9.17) is 0 Å². The summed E-state index contributed by atoms with van der Waals surface area (Å²) in [7, 11) is 0. The largest absolute Gasteiger partial charge is 0.291 e. The second-order valence-corrected chi connectivity index (χ2v) is 6.18. The Balaban J connectivity index is 1.92. The maximum Gasteiger partial charge on any atom is 0.291 e. The third kappa shape index (κ3) is 2.23. The van der Waals surface area contributed by atoms with Crippen molar-refractivity contribution in [1.82, 2.24) is 4.57 Å². The van der Waals surface area contributed by atoms with Crippen molar-refractivity contribution in [3.05, 3.63) is 103 Å². The van der Waals surface area contributed by atoms with Crippen molar-refractivity contribution >= 4 is 16.4 Å². The minimum absolute atomic E-state index is 1.15. The molecular formula is C23H17N2+. The number of aromatic nitrogens is 2. The molecule has 0 saturated carbocycles. The first kappa shape index (κ1) is 14.0. The van der Waals surface area contributed by atoms with Crippen LogP contribution in [-0.2, 0) is 0 Å². The molecule has 3 aromatic carbocycles. The van der Waals surface area contributed by atoms with Crippen LogP contribution in [0.15, 0.2) is 103 Å². The van der Waals surface area contributed by atoms with E-state index in [1.807, 2.05) is 0 Å². The number of rotatable bonds is 2. The minimum Gasteiger partial charge on any atom is -0.202 e. The SMILES string of the molecule is c1ccc(-c2c[n+]3ccccc3n2-c2cccc3ccccc23)cc1. The molecule has 0 amide bonds. The molecule has 5 aromatic rings. The van der Waals surface area contributed by atoms with E-state index < -0.39 is 0 Å². The van der Waals surface area contributed by atoms with Crippen molar-refractivity contribution in [2.24, 2.45) is 0 Å². The first-order chi connectivity index (χ1) is 12.4. The highest BCUT2D eigenvalue weighted by Gasteiger charge is 2.21. The number of hydrogen-bond donors (Lipinski definition) is 0. The second-order valence-electron chi connectivity index (χ2n) is 6.18. The number of fused-ring (bicyclic) bond motifs is 2. The number of nitrogens with zero attached hydrogens (tertiary/aromatic N) is 2. The van der Waals surface area contributed by atoms with Gasteiger partial charge in [-0.2, -0.15) is 4.57 Å². The molecule has 0 N–H and O–H groups in total. The summed E-state index contributed by atoms with van der Waals surface area (Å²) in [4.78, 5) is 0. The monoisotopic (exact) mass is 321 g/mol. The van der Waals surface area contributed by atoms with Crippen LogP contribution in [0.2, 0.25) is 0 Å². The van der Waals surface area contributed by atoms with Crippen molar-refractivity contribution in [2.45, 2.75) is 0 Å². The quantitative estimate of drug-likeness (QED) is 0.403. The summed E-state index contributed by atoms with van der Waals surface area (Å²) in [6, 6.07) is 31.9. The first-order valence-corrected chi connectivity index (χ1v) is 8.47. The van der Waals surface area contributed by atoms with Crippen LogP contribution >= 0.6 is 0 Å². The minimum atomic E-state index is 1.15. The van der Waals surface area contributed by atoms with Gasteiger partial charge in [0.25, 0.3) is 5.65 Å². The lowest BCUT2D eigenvalue weighted by Gasteiger charge is -2.06. The molecule has 0 aliphatic heterocycles. The molecule has 2 heteroatoms. The summed E-state index contributed by atoms with van der Waals surface area (Å²) in [6.45, 7) is 0. The highest BCUT2D eigenvalue weighted by Crippen LogP contribution is 2.29. The third-order valence-electron chi connectivity index (χ3n) is 4.68. The Labute approximate surface area is 146 Å². The molecule has 0 saturated heterocycles. The summed E-state index contributed by atoms with van der Waals surface area (Å²) < 4.78 is 4.53. The van der Waals surface area contributed by atoms with Gasteiger partial charge >= 0.3 is 0 Å². The van der Waals surface area contributed by atoms with Crippen molar-refractivity contribution in [2.75, 3.05) is 0 Å². The lowest BCUT2D eigenvalue weighted by Crippen LogP contribution is -2.17. The van der Waals surface area contributed by atoms with Crippen molar-refractivity contribution < 1.29 is 4.40 Å². The van der Waals surface area contributed by atoms with Gasteiger partial charge in [-0.25, -0.2) is 4.40 Å². The number of imidazole rings is 1. The van der Waals surface area contributed by atoms with Gasteiger partial charge in [0.05, 0.1) is 6.20 Å². The molecule has 0 unspecified atom stereocenters. The normalized spacial score (nSPS) is 11.2. The molecule has 118 valence electrons. The summed E-state index contributed by atoms with van der Waals surface area (Å²) in [5.74, 6) is 0. The maximum atomic E-state index is 2.34. The molecule has 0 radical (unpaired) electrons. The predicted molar refractivity (Wildman–Crippen MR) is 102 cm³/mol. The Morgan fingerprint density at radius 2 is 1.40 bits per heavy atom. The molecule has 0 aliphatic carbocycles. The van der Waals surface area contributed by atoms with Crippen LogP contribution in [0.1, 0.15) is 0 Å². The zero-order chi connectivity index (χ0) is 16.6. The Kier molecular flexibility index (Phi) is 3.14. The standard InChI is InChI=1S/C23H17N2/c1-2-10-19(11-3-1)22-17-24-16-7-6-15-23(24)25(22)21-14-8-12-18-9-4-5-13-20(18)21/h1-17H/q+1. The van der Waals surface area contributed by atoms with Crippen LogP contribution in [0.3, 0.4) is 0 Å². The molecule has 5 rings (SSSR count). The van der Waals surface area contributed by atoms with E-state index >= 15 is 0 Å². The summed E-state index contributed by atoms with van der Waals surface area (Å²) >= 11 is 0. The lowest BCUT2D eigenvalue weighted by atomic mass is 10.1. The van der Waals surface area contributed by atoms with Gasteiger partial charge in [0.1, 0.15) is 11.9 Å². The smallest absolute Gasteiger partial charge is 0.202 e. The van der Waals surface area contributed by atoms with Crippen molar-refractivity contribution in [3.63, 3.8) is 0 Å². The van der Waals surface area contributed by atoms with Crippen LogP contribution in [0, 0.1) is 0 Å². The van der Waals surface area contributed by atoms with Gasteiger partial charge in [0.2, 0.25) is 0 Å². The molecule has 0 bridgehead atoms. The second kappa shape index (κ2) is 5.60. The molecule has 0 spiro atoms. The zero-order valence-electron chi connectivity index (χ0n) is 13.7. The lowest BCUT2D eigenvalue weighted by molar-refractivity contribution is -0.510. The highest BCUT2D eigenvalue weighted by atomic mass is 15.1. The summed E-state index contributed by atoms with van der Waals surface area (Å²) in [5, 5.41) is 2.51. The van der Waals surface area contributed by atoms with Gasteiger partial charge in [-0.15, -0.1) is 0 Å². The summed E-state index contributed by atoms with van der Waals surface area (Å²) in [5.41, 5.74) is 4.74. The van der Waals surface area contributed by atoms with Gasteiger partial charge < -0.3 is 0 Å². The highest BCUT2D eigenvalue weighted by molar-refractivity contribution is 5.91. The van der Waals surface area contributed by atoms with E-state index in [-0.39, 0.29) is 0 Å².